The van der Waals surface area contributed by atoms with Gasteiger partial charge in [0.15, 0.2) is 0 Å². The van der Waals surface area contributed by atoms with Gasteiger partial charge in [0, 0.05) is 6.08 Å². The predicted octanol–water partition coefficient (Wildman–Crippen LogP) is 2.46. The summed E-state index contributed by atoms with van der Waals surface area (Å²) in [4.78, 5) is 10.1. The summed E-state index contributed by atoms with van der Waals surface area (Å²) in [6.07, 6.45) is 10.3. The first-order valence-electron chi connectivity index (χ1n) is 4.14. The predicted molar refractivity (Wildman–Crippen MR) is 52.4 cm³/mol. The largest absolute Gasteiger partial charge is 0.478 e. The Morgan fingerprint density at radius 1 is 1.46 bits per heavy atom. The molecule has 68 valence electrons. The zero-order chi connectivity index (χ0) is 9.68. The zero-order valence-electron chi connectivity index (χ0n) is 7.36. The second-order valence-corrected chi connectivity index (χ2v) is 2.93. The number of rotatable bonds is 2. The number of carboxylic acids is 1. The lowest BCUT2D eigenvalue weighted by molar-refractivity contribution is -0.131. The second-order valence-electron chi connectivity index (χ2n) is 2.93. The Hall–Kier alpha value is -1.57. The van der Waals surface area contributed by atoms with Gasteiger partial charge in [-0.25, -0.2) is 4.79 Å². The number of hydrogen-bond donors (Lipinski definition) is 1. The van der Waals surface area contributed by atoms with Gasteiger partial charge >= 0.3 is 5.97 Å². The molecular formula is C11H12O2. The number of carboxylic acid groups (broad SMARTS) is 1. The Morgan fingerprint density at radius 3 is 2.77 bits per heavy atom. The maximum Gasteiger partial charge on any atom is 0.328 e. The van der Waals surface area contributed by atoms with E-state index in [9.17, 15) is 4.79 Å². The van der Waals surface area contributed by atoms with Gasteiger partial charge in [0.05, 0.1) is 0 Å². The number of hydrogen-bond acceptors (Lipinski definition) is 1. The minimum atomic E-state index is -0.916. The van der Waals surface area contributed by atoms with Crippen molar-refractivity contribution in [2.75, 3.05) is 0 Å². The van der Waals surface area contributed by atoms with Gasteiger partial charge < -0.3 is 5.11 Å². The molecule has 0 amide bonds. The topological polar surface area (TPSA) is 37.3 Å². The number of allylic oxidation sites excluding steroid dienone is 6. The lowest BCUT2D eigenvalue weighted by atomic mass is 9.98. The van der Waals surface area contributed by atoms with Gasteiger partial charge in [0.2, 0.25) is 0 Å². The summed E-state index contributed by atoms with van der Waals surface area (Å²) in [6.45, 7) is 3.83. The highest BCUT2D eigenvalue weighted by atomic mass is 16.4. The molecule has 2 nitrogen and oxygen atoms in total. The molecule has 0 aromatic rings. The summed E-state index contributed by atoms with van der Waals surface area (Å²) in [5.41, 5.74) is 2.27. The Kier molecular flexibility index (Phi) is 3.26. The molecule has 1 rings (SSSR count). The fraction of sp³-hybridized carbons (Fsp3) is 0.182. The van der Waals surface area contributed by atoms with E-state index in [4.69, 9.17) is 5.11 Å². The van der Waals surface area contributed by atoms with Crippen LogP contribution in [0.4, 0.5) is 0 Å². The van der Waals surface area contributed by atoms with E-state index in [1.807, 2.05) is 18.2 Å². The highest BCUT2D eigenvalue weighted by Gasteiger charge is 1.99. The molecule has 0 saturated heterocycles. The van der Waals surface area contributed by atoms with E-state index in [0.717, 1.165) is 30.1 Å². The zero-order valence-corrected chi connectivity index (χ0v) is 7.36. The van der Waals surface area contributed by atoms with Crippen LogP contribution in [0.1, 0.15) is 12.8 Å². The van der Waals surface area contributed by atoms with Crippen molar-refractivity contribution < 1.29 is 9.90 Å². The minimum absolute atomic E-state index is 0.916. The van der Waals surface area contributed by atoms with Crippen molar-refractivity contribution in [2.24, 2.45) is 0 Å². The summed E-state index contributed by atoms with van der Waals surface area (Å²) < 4.78 is 0. The highest BCUT2D eigenvalue weighted by molar-refractivity contribution is 5.80. The molecule has 2 heteroatoms. The van der Waals surface area contributed by atoms with Gasteiger partial charge in [0.1, 0.15) is 0 Å². The third-order valence-electron chi connectivity index (χ3n) is 1.82. The van der Waals surface area contributed by atoms with Crippen molar-refractivity contribution in [3.63, 3.8) is 0 Å². The van der Waals surface area contributed by atoms with Crippen LogP contribution in [0.2, 0.25) is 0 Å². The first-order chi connectivity index (χ1) is 6.18. The van der Waals surface area contributed by atoms with Crippen LogP contribution >= 0.6 is 0 Å². The van der Waals surface area contributed by atoms with Crippen molar-refractivity contribution in [3.8, 4) is 0 Å². The van der Waals surface area contributed by atoms with Crippen molar-refractivity contribution in [2.45, 2.75) is 12.8 Å². The van der Waals surface area contributed by atoms with Crippen molar-refractivity contribution >= 4 is 5.97 Å². The molecule has 0 aromatic heterocycles. The van der Waals surface area contributed by atoms with E-state index in [2.05, 4.69) is 6.58 Å². The smallest absolute Gasteiger partial charge is 0.328 e. The number of carbonyl (C=O) groups is 1. The van der Waals surface area contributed by atoms with Crippen LogP contribution in [0.25, 0.3) is 0 Å². The van der Waals surface area contributed by atoms with Crippen molar-refractivity contribution in [1.82, 2.24) is 0 Å². The number of aliphatic carboxylic acids is 1. The van der Waals surface area contributed by atoms with Crippen LogP contribution < -0.4 is 0 Å². The summed E-state index contributed by atoms with van der Waals surface area (Å²) in [5.74, 6) is -0.916. The van der Waals surface area contributed by atoms with Crippen LogP contribution in [0.5, 0.6) is 0 Å². The Bertz CT molecular complexity index is 306. The molecule has 0 fully saturated rings. The molecule has 13 heavy (non-hydrogen) atoms. The first kappa shape index (κ1) is 9.52. The molecule has 0 unspecified atom stereocenters. The summed E-state index contributed by atoms with van der Waals surface area (Å²) in [7, 11) is 0. The third kappa shape index (κ3) is 3.56. The molecule has 0 radical (unpaired) electrons. The quantitative estimate of drug-likeness (QED) is 0.656. The molecular weight excluding hydrogens is 164 g/mol. The van der Waals surface area contributed by atoms with E-state index in [-0.39, 0.29) is 0 Å². The third-order valence-corrected chi connectivity index (χ3v) is 1.82. The van der Waals surface area contributed by atoms with E-state index < -0.39 is 5.97 Å². The molecule has 0 aromatic carbocycles. The molecule has 0 saturated carbocycles. The molecule has 0 atom stereocenters. The highest BCUT2D eigenvalue weighted by Crippen LogP contribution is 2.19. The van der Waals surface area contributed by atoms with Crippen LogP contribution in [0, 0.1) is 0 Å². The van der Waals surface area contributed by atoms with Crippen LogP contribution in [-0.4, -0.2) is 11.1 Å². The molecule has 1 aliphatic carbocycles. The Balaban J connectivity index is 2.58. The van der Waals surface area contributed by atoms with E-state index in [1.54, 1.807) is 6.08 Å². The van der Waals surface area contributed by atoms with E-state index >= 15 is 0 Å². The molecule has 0 bridgehead atoms. The molecule has 1 N–H and O–H groups in total. The lowest BCUT2D eigenvalue weighted by Crippen LogP contribution is -1.89. The maximum atomic E-state index is 10.1. The van der Waals surface area contributed by atoms with Gasteiger partial charge in [-0.2, -0.15) is 0 Å². The summed E-state index contributed by atoms with van der Waals surface area (Å²) in [5, 5.41) is 8.34. The van der Waals surface area contributed by atoms with Gasteiger partial charge in [-0.3, -0.25) is 0 Å². The fourth-order valence-corrected chi connectivity index (χ4v) is 1.09. The van der Waals surface area contributed by atoms with Crippen LogP contribution in [-0.2, 0) is 4.79 Å². The van der Waals surface area contributed by atoms with Gasteiger partial charge in [-0.05, 0) is 18.4 Å². The molecule has 0 heterocycles. The van der Waals surface area contributed by atoms with Crippen molar-refractivity contribution in [3.05, 3.63) is 48.1 Å². The van der Waals surface area contributed by atoms with Gasteiger partial charge in [0.25, 0.3) is 0 Å². The molecule has 0 spiro atoms. The average Bonchev–Trinajstić information content (AvgIpc) is 2.08. The SMILES string of the molecule is C=C1C=CC(=CC=CC(=O)O)CC1. The van der Waals surface area contributed by atoms with Gasteiger partial charge in [-0.15, -0.1) is 0 Å². The Morgan fingerprint density at radius 2 is 2.23 bits per heavy atom. The van der Waals surface area contributed by atoms with Gasteiger partial charge in [-0.1, -0.05) is 36.5 Å². The Labute approximate surface area is 77.6 Å². The van der Waals surface area contributed by atoms with Crippen molar-refractivity contribution in [1.29, 1.82) is 0 Å². The summed E-state index contributed by atoms with van der Waals surface area (Å²) >= 11 is 0. The second kappa shape index (κ2) is 4.45. The fourth-order valence-electron chi connectivity index (χ4n) is 1.09. The van der Waals surface area contributed by atoms with E-state index in [1.165, 1.54) is 0 Å². The lowest BCUT2D eigenvalue weighted by Gasteiger charge is -2.07. The molecule has 0 aliphatic heterocycles. The average molecular weight is 176 g/mol. The normalized spacial score (nSPS) is 20.0. The van der Waals surface area contributed by atoms with Crippen LogP contribution in [0.3, 0.4) is 0 Å². The molecule has 1 aliphatic rings. The maximum absolute atomic E-state index is 10.1. The standard InChI is InChI=1S/C11H12O2/c1-9-5-7-10(8-6-9)3-2-4-11(12)13/h2-5,7H,1,6,8H2,(H,12,13). The van der Waals surface area contributed by atoms with E-state index in [0.29, 0.717) is 0 Å². The first-order valence-corrected chi connectivity index (χ1v) is 4.14. The minimum Gasteiger partial charge on any atom is -0.478 e. The van der Waals surface area contributed by atoms with Crippen LogP contribution in [0.15, 0.2) is 48.1 Å². The summed E-state index contributed by atoms with van der Waals surface area (Å²) in [6, 6.07) is 0. The monoisotopic (exact) mass is 176 g/mol.